The van der Waals surface area contributed by atoms with Crippen LogP contribution in [0.4, 0.5) is 0 Å². The molecule has 5 fully saturated rings. The van der Waals surface area contributed by atoms with Gasteiger partial charge < -0.3 is 10.1 Å². The number of ketones is 1. The van der Waals surface area contributed by atoms with Gasteiger partial charge in [0, 0.05) is 18.5 Å². The molecule has 5 aliphatic rings. The molecule has 174 valence electrons. The molecule has 5 aliphatic carbocycles. The normalized spacial score (nSPS) is 47.9. The number of fused-ring (bicyclic) bond motifs is 5. The van der Waals surface area contributed by atoms with Gasteiger partial charge in [0.05, 0.1) is 7.11 Å². The van der Waals surface area contributed by atoms with Crippen LogP contribution in [0.2, 0.25) is 0 Å². The second kappa shape index (κ2) is 8.15. The Morgan fingerprint density at radius 1 is 1.00 bits per heavy atom. The Balaban J connectivity index is 1.48. The SMILES string of the molecule is COC(=O)C1C[C@@]2(C)C(CC[C@@H]3[C@H]2C(NC2CCCCC2)C[C@]2(C)CCC[C@@H]32)CC1=O. The number of carbonyl (C=O) groups is 2. The standard InChI is InChI=1S/C27H43NO3/c1-26-13-7-10-21(26)19-12-11-17-14-23(29)20(25(30)31-3)15-27(17,2)24(19)22(16-26)28-18-8-5-4-6-9-18/h17-22,24,28H,4-16H2,1-3H3/t17?,19-,20?,21-,22?,24-,26-,27-/m0/s1. The summed E-state index contributed by atoms with van der Waals surface area (Å²) in [5.74, 6) is 1.88. The maximum atomic E-state index is 12.9. The molecule has 3 unspecified atom stereocenters. The first-order chi connectivity index (χ1) is 14.9. The molecule has 8 atom stereocenters. The third kappa shape index (κ3) is 3.60. The summed E-state index contributed by atoms with van der Waals surface area (Å²) in [7, 11) is 1.44. The summed E-state index contributed by atoms with van der Waals surface area (Å²) in [5, 5.41) is 4.22. The second-order valence-corrected chi connectivity index (χ2v) is 12.4. The zero-order chi connectivity index (χ0) is 21.8. The molecule has 0 radical (unpaired) electrons. The summed E-state index contributed by atoms with van der Waals surface area (Å²) in [6, 6.07) is 1.19. The molecule has 0 heterocycles. The van der Waals surface area contributed by atoms with Crippen LogP contribution in [0.15, 0.2) is 0 Å². The topological polar surface area (TPSA) is 55.4 Å². The van der Waals surface area contributed by atoms with Crippen LogP contribution in [-0.4, -0.2) is 30.9 Å². The van der Waals surface area contributed by atoms with E-state index in [0.29, 0.717) is 42.2 Å². The molecule has 0 amide bonds. The van der Waals surface area contributed by atoms with E-state index in [4.69, 9.17) is 4.74 Å². The molecule has 4 nitrogen and oxygen atoms in total. The summed E-state index contributed by atoms with van der Waals surface area (Å²) in [5.41, 5.74) is 0.537. The Morgan fingerprint density at radius 3 is 2.52 bits per heavy atom. The zero-order valence-electron chi connectivity index (χ0n) is 20.0. The molecule has 5 saturated carbocycles. The van der Waals surface area contributed by atoms with E-state index in [2.05, 4.69) is 19.2 Å². The summed E-state index contributed by atoms with van der Waals surface area (Å²) in [6.07, 6.45) is 15.9. The quantitative estimate of drug-likeness (QED) is 0.489. The van der Waals surface area contributed by atoms with Crippen LogP contribution in [0.3, 0.4) is 0 Å². The Labute approximate surface area is 188 Å². The molecule has 5 rings (SSSR count). The van der Waals surface area contributed by atoms with E-state index >= 15 is 0 Å². The number of ether oxygens (including phenoxy) is 1. The second-order valence-electron chi connectivity index (χ2n) is 12.4. The number of methoxy groups -OCH3 is 1. The van der Waals surface area contributed by atoms with Crippen molar-refractivity contribution < 1.29 is 14.3 Å². The smallest absolute Gasteiger partial charge is 0.316 e. The first-order valence-electron chi connectivity index (χ1n) is 13.2. The van der Waals surface area contributed by atoms with Crippen molar-refractivity contribution >= 4 is 11.8 Å². The lowest BCUT2D eigenvalue weighted by atomic mass is 9.43. The third-order valence-electron chi connectivity index (χ3n) is 10.8. The van der Waals surface area contributed by atoms with Gasteiger partial charge in [-0.2, -0.15) is 0 Å². The number of hydrogen-bond acceptors (Lipinski definition) is 4. The highest BCUT2D eigenvalue weighted by atomic mass is 16.5. The highest BCUT2D eigenvalue weighted by molar-refractivity contribution is 5.99. The van der Waals surface area contributed by atoms with Gasteiger partial charge in [0.2, 0.25) is 0 Å². The fourth-order valence-electron chi connectivity index (χ4n) is 9.42. The number of rotatable bonds is 3. The lowest BCUT2D eigenvalue weighted by Crippen LogP contribution is -2.63. The van der Waals surface area contributed by atoms with Crippen LogP contribution in [0.25, 0.3) is 0 Å². The van der Waals surface area contributed by atoms with Gasteiger partial charge >= 0.3 is 5.97 Å². The molecule has 0 aliphatic heterocycles. The van der Waals surface area contributed by atoms with E-state index in [1.165, 1.54) is 77.7 Å². The Kier molecular flexibility index (Phi) is 5.76. The van der Waals surface area contributed by atoms with Crippen molar-refractivity contribution in [1.29, 1.82) is 0 Å². The van der Waals surface area contributed by atoms with Crippen molar-refractivity contribution in [3.63, 3.8) is 0 Å². The van der Waals surface area contributed by atoms with Gasteiger partial charge in [-0.3, -0.25) is 9.59 Å². The van der Waals surface area contributed by atoms with Crippen molar-refractivity contribution in [3.05, 3.63) is 0 Å². The minimum atomic E-state index is -0.544. The molecular formula is C27H43NO3. The summed E-state index contributed by atoms with van der Waals surface area (Å²) < 4.78 is 5.08. The maximum absolute atomic E-state index is 12.9. The third-order valence-corrected chi connectivity index (χ3v) is 10.8. The van der Waals surface area contributed by atoms with Gasteiger partial charge in [-0.15, -0.1) is 0 Å². The molecular weight excluding hydrogens is 386 g/mol. The molecule has 1 N–H and O–H groups in total. The van der Waals surface area contributed by atoms with Crippen molar-refractivity contribution in [2.75, 3.05) is 7.11 Å². The zero-order valence-corrected chi connectivity index (χ0v) is 20.0. The molecule has 31 heavy (non-hydrogen) atoms. The molecule has 4 heteroatoms. The van der Waals surface area contributed by atoms with Gasteiger partial charge in [-0.1, -0.05) is 39.5 Å². The van der Waals surface area contributed by atoms with Crippen LogP contribution in [0.5, 0.6) is 0 Å². The number of hydrogen-bond donors (Lipinski definition) is 1. The first-order valence-corrected chi connectivity index (χ1v) is 13.2. The highest BCUT2D eigenvalue weighted by Gasteiger charge is 2.62. The molecule has 0 aromatic heterocycles. The van der Waals surface area contributed by atoms with Crippen LogP contribution in [0.1, 0.15) is 97.3 Å². The summed E-state index contributed by atoms with van der Waals surface area (Å²) in [4.78, 5) is 25.4. The fourth-order valence-corrected chi connectivity index (χ4v) is 9.42. The van der Waals surface area contributed by atoms with Crippen LogP contribution in [-0.2, 0) is 14.3 Å². The van der Waals surface area contributed by atoms with Crippen molar-refractivity contribution in [2.45, 2.75) is 109 Å². The van der Waals surface area contributed by atoms with Gasteiger partial charge in [0.1, 0.15) is 11.7 Å². The molecule has 0 aromatic carbocycles. The average Bonchev–Trinajstić information content (AvgIpc) is 3.15. The van der Waals surface area contributed by atoms with E-state index in [9.17, 15) is 9.59 Å². The van der Waals surface area contributed by atoms with Crippen LogP contribution < -0.4 is 5.32 Å². The fraction of sp³-hybridized carbons (Fsp3) is 0.926. The van der Waals surface area contributed by atoms with Crippen LogP contribution in [0, 0.1) is 40.4 Å². The van der Waals surface area contributed by atoms with Gasteiger partial charge in [-0.25, -0.2) is 0 Å². The Hall–Kier alpha value is -0.900. The lowest BCUT2D eigenvalue weighted by molar-refractivity contribution is -0.166. The average molecular weight is 430 g/mol. The summed E-state index contributed by atoms with van der Waals surface area (Å²) >= 11 is 0. The first kappa shape index (κ1) is 21.9. The monoisotopic (exact) mass is 429 g/mol. The molecule has 0 bridgehead atoms. The lowest BCUT2D eigenvalue weighted by Gasteiger charge is -2.63. The summed E-state index contributed by atoms with van der Waals surface area (Å²) in [6.45, 7) is 5.02. The minimum absolute atomic E-state index is 0.0614. The van der Waals surface area contributed by atoms with E-state index in [0.717, 1.165) is 11.8 Å². The van der Waals surface area contributed by atoms with Crippen molar-refractivity contribution in [3.8, 4) is 0 Å². The number of Topliss-reactive ketones (excluding diaryl/α,β-unsaturated/α-hetero) is 1. The van der Waals surface area contributed by atoms with Gasteiger partial charge in [0.25, 0.3) is 0 Å². The minimum Gasteiger partial charge on any atom is -0.468 e. The molecule has 0 spiro atoms. The predicted molar refractivity (Wildman–Crippen MR) is 121 cm³/mol. The van der Waals surface area contributed by atoms with E-state index < -0.39 is 5.92 Å². The van der Waals surface area contributed by atoms with Crippen LogP contribution >= 0.6 is 0 Å². The Morgan fingerprint density at radius 2 is 1.77 bits per heavy atom. The van der Waals surface area contributed by atoms with Crippen molar-refractivity contribution in [1.82, 2.24) is 5.32 Å². The van der Waals surface area contributed by atoms with Gasteiger partial charge in [0.15, 0.2) is 0 Å². The number of carbonyl (C=O) groups excluding carboxylic acids is 2. The largest absolute Gasteiger partial charge is 0.468 e. The van der Waals surface area contributed by atoms with Gasteiger partial charge in [-0.05, 0) is 85.9 Å². The van der Waals surface area contributed by atoms with E-state index in [1.54, 1.807) is 0 Å². The number of nitrogens with one attached hydrogen (secondary N) is 1. The van der Waals surface area contributed by atoms with E-state index in [1.807, 2.05) is 0 Å². The molecule has 0 aromatic rings. The highest BCUT2D eigenvalue weighted by Crippen LogP contribution is 2.66. The molecule has 0 saturated heterocycles. The number of esters is 1. The maximum Gasteiger partial charge on any atom is 0.316 e. The van der Waals surface area contributed by atoms with Crippen molar-refractivity contribution in [2.24, 2.45) is 40.4 Å². The Bertz CT molecular complexity index is 715. The predicted octanol–water partition coefficient (Wildman–Crippen LogP) is 5.29. The van der Waals surface area contributed by atoms with E-state index in [-0.39, 0.29) is 17.2 Å².